The Morgan fingerprint density at radius 1 is 1.18 bits per heavy atom. The summed E-state index contributed by atoms with van der Waals surface area (Å²) in [6.07, 6.45) is 7.04. The molecule has 0 amide bonds. The van der Waals surface area contributed by atoms with E-state index in [1.165, 1.54) is 51.7 Å². The van der Waals surface area contributed by atoms with Gasteiger partial charge in [0.2, 0.25) is 0 Å². The van der Waals surface area contributed by atoms with Gasteiger partial charge < -0.3 is 10.2 Å². The van der Waals surface area contributed by atoms with E-state index < -0.39 is 0 Å². The maximum absolute atomic E-state index is 3.72. The lowest BCUT2D eigenvalue weighted by atomic mass is 9.86. The van der Waals surface area contributed by atoms with Crippen LogP contribution in [-0.4, -0.2) is 36.6 Å². The Hall–Kier alpha value is -0.0800. The van der Waals surface area contributed by atoms with Gasteiger partial charge in [-0.3, -0.25) is 0 Å². The van der Waals surface area contributed by atoms with Crippen molar-refractivity contribution in [2.24, 2.45) is 11.8 Å². The van der Waals surface area contributed by atoms with Crippen molar-refractivity contribution in [2.75, 3.05) is 19.6 Å². The number of hydrogen-bond donors (Lipinski definition) is 1. The van der Waals surface area contributed by atoms with E-state index in [9.17, 15) is 0 Å². The highest BCUT2D eigenvalue weighted by atomic mass is 15.2. The summed E-state index contributed by atoms with van der Waals surface area (Å²) in [5.74, 6) is 1.88. The molecule has 1 saturated heterocycles. The quantitative estimate of drug-likeness (QED) is 0.765. The van der Waals surface area contributed by atoms with E-state index in [-0.39, 0.29) is 0 Å². The van der Waals surface area contributed by atoms with Gasteiger partial charge in [0.15, 0.2) is 0 Å². The second-order valence-corrected chi connectivity index (χ2v) is 6.22. The van der Waals surface area contributed by atoms with Crippen molar-refractivity contribution in [3.05, 3.63) is 0 Å². The van der Waals surface area contributed by atoms with Crippen LogP contribution in [-0.2, 0) is 0 Å². The molecule has 2 rings (SSSR count). The van der Waals surface area contributed by atoms with Crippen LogP contribution in [0.5, 0.6) is 0 Å². The van der Waals surface area contributed by atoms with E-state index in [0.717, 1.165) is 23.9 Å². The molecule has 1 saturated carbocycles. The molecule has 0 aromatic rings. The van der Waals surface area contributed by atoms with Gasteiger partial charge in [0.25, 0.3) is 0 Å². The highest BCUT2D eigenvalue weighted by molar-refractivity contribution is 4.89. The molecule has 17 heavy (non-hydrogen) atoms. The molecule has 2 fully saturated rings. The summed E-state index contributed by atoms with van der Waals surface area (Å²) in [7, 11) is 0. The third-order valence-corrected chi connectivity index (χ3v) is 4.88. The normalized spacial score (nSPS) is 35.1. The van der Waals surface area contributed by atoms with Gasteiger partial charge in [0, 0.05) is 12.1 Å². The Kier molecular flexibility index (Phi) is 4.87. The van der Waals surface area contributed by atoms with Gasteiger partial charge in [-0.2, -0.15) is 0 Å². The van der Waals surface area contributed by atoms with Crippen molar-refractivity contribution in [1.29, 1.82) is 0 Å². The fourth-order valence-electron chi connectivity index (χ4n) is 3.13. The van der Waals surface area contributed by atoms with Gasteiger partial charge in [-0.15, -0.1) is 0 Å². The van der Waals surface area contributed by atoms with Crippen LogP contribution in [0.4, 0.5) is 0 Å². The van der Waals surface area contributed by atoms with Gasteiger partial charge in [0.05, 0.1) is 0 Å². The highest BCUT2D eigenvalue weighted by Gasteiger charge is 2.32. The Balaban J connectivity index is 1.75. The van der Waals surface area contributed by atoms with E-state index in [4.69, 9.17) is 0 Å². The third-order valence-electron chi connectivity index (χ3n) is 4.88. The summed E-state index contributed by atoms with van der Waals surface area (Å²) in [5, 5.41) is 3.72. The van der Waals surface area contributed by atoms with Crippen LogP contribution in [0.2, 0.25) is 0 Å². The van der Waals surface area contributed by atoms with E-state index in [2.05, 4.69) is 31.0 Å². The maximum Gasteiger partial charge on any atom is 0.0120 e. The predicted octanol–water partition coefficient (Wildman–Crippen LogP) is 2.89. The zero-order valence-corrected chi connectivity index (χ0v) is 11.9. The molecular weight excluding hydrogens is 208 g/mol. The highest BCUT2D eigenvalue weighted by Crippen LogP contribution is 2.33. The zero-order valence-electron chi connectivity index (χ0n) is 11.9. The first-order chi connectivity index (χ1) is 8.22. The van der Waals surface area contributed by atoms with Crippen molar-refractivity contribution in [1.82, 2.24) is 10.2 Å². The summed E-state index contributed by atoms with van der Waals surface area (Å²) in [6, 6.07) is 1.51. The summed E-state index contributed by atoms with van der Waals surface area (Å²) in [5.41, 5.74) is 0. The minimum Gasteiger partial charge on any atom is -0.314 e. The first-order valence-corrected chi connectivity index (χ1v) is 7.69. The van der Waals surface area contributed by atoms with Crippen LogP contribution in [0.1, 0.15) is 52.9 Å². The molecular formula is C15H30N2. The number of rotatable bonds is 6. The van der Waals surface area contributed by atoms with E-state index in [1.807, 2.05) is 0 Å². The van der Waals surface area contributed by atoms with Gasteiger partial charge in [-0.05, 0) is 57.7 Å². The smallest absolute Gasteiger partial charge is 0.0120 e. The van der Waals surface area contributed by atoms with E-state index in [0.29, 0.717) is 0 Å². The van der Waals surface area contributed by atoms with Crippen LogP contribution < -0.4 is 5.32 Å². The molecule has 1 N–H and O–H groups in total. The van der Waals surface area contributed by atoms with Gasteiger partial charge in [0.1, 0.15) is 0 Å². The van der Waals surface area contributed by atoms with E-state index in [1.54, 1.807) is 0 Å². The van der Waals surface area contributed by atoms with Crippen molar-refractivity contribution in [3.8, 4) is 0 Å². The first kappa shape index (κ1) is 13.4. The van der Waals surface area contributed by atoms with Crippen LogP contribution in [0.25, 0.3) is 0 Å². The molecule has 2 aliphatic rings. The van der Waals surface area contributed by atoms with Gasteiger partial charge in [-0.1, -0.05) is 26.7 Å². The van der Waals surface area contributed by atoms with Gasteiger partial charge >= 0.3 is 0 Å². The molecule has 100 valence electrons. The van der Waals surface area contributed by atoms with Crippen molar-refractivity contribution in [2.45, 2.75) is 65.0 Å². The van der Waals surface area contributed by atoms with Crippen molar-refractivity contribution >= 4 is 0 Å². The number of piperidine rings is 1. The van der Waals surface area contributed by atoms with Crippen molar-refractivity contribution in [3.63, 3.8) is 0 Å². The third kappa shape index (κ3) is 3.69. The molecule has 2 heteroatoms. The van der Waals surface area contributed by atoms with E-state index >= 15 is 0 Å². The molecule has 2 nitrogen and oxygen atoms in total. The average molecular weight is 238 g/mol. The van der Waals surface area contributed by atoms with Crippen LogP contribution in [0.3, 0.4) is 0 Å². The maximum atomic E-state index is 3.72. The molecule has 0 aromatic heterocycles. The standard InChI is InChI=1S/C15H30N2/c1-4-9-16-15-8-11-17(13(3)12(15)2)10-7-14-5-6-14/h12-16H,4-11H2,1-3H3. The Bertz CT molecular complexity index is 225. The number of nitrogens with one attached hydrogen (secondary N) is 1. The molecule has 3 unspecified atom stereocenters. The summed E-state index contributed by atoms with van der Waals surface area (Å²) in [4.78, 5) is 2.73. The predicted molar refractivity (Wildman–Crippen MR) is 74.2 cm³/mol. The molecule has 1 heterocycles. The minimum absolute atomic E-state index is 0.752. The lowest BCUT2D eigenvalue weighted by Crippen LogP contribution is -2.53. The lowest BCUT2D eigenvalue weighted by molar-refractivity contribution is 0.0826. The van der Waals surface area contributed by atoms with Crippen LogP contribution in [0.15, 0.2) is 0 Å². The molecule has 1 aliphatic carbocycles. The van der Waals surface area contributed by atoms with Crippen LogP contribution in [0, 0.1) is 11.8 Å². The number of nitrogens with zero attached hydrogens (tertiary/aromatic N) is 1. The largest absolute Gasteiger partial charge is 0.314 e. The minimum atomic E-state index is 0.752. The Morgan fingerprint density at radius 3 is 2.59 bits per heavy atom. The molecule has 3 atom stereocenters. The average Bonchev–Trinajstić information content (AvgIpc) is 3.14. The second kappa shape index (κ2) is 6.19. The molecule has 0 bridgehead atoms. The SMILES string of the molecule is CCCNC1CCN(CCC2CC2)C(C)C1C. The number of likely N-dealkylation sites (tertiary alicyclic amines) is 1. The van der Waals surface area contributed by atoms with Crippen LogP contribution >= 0.6 is 0 Å². The zero-order chi connectivity index (χ0) is 12.3. The summed E-state index contributed by atoms with van der Waals surface area (Å²) >= 11 is 0. The fraction of sp³-hybridized carbons (Fsp3) is 1.00. The van der Waals surface area contributed by atoms with Gasteiger partial charge in [-0.25, -0.2) is 0 Å². The first-order valence-electron chi connectivity index (χ1n) is 7.69. The fourth-order valence-corrected chi connectivity index (χ4v) is 3.13. The second-order valence-electron chi connectivity index (χ2n) is 6.22. The molecule has 0 radical (unpaired) electrons. The lowest BCUT2D eigenvalue weighted by Gasteiger charge is -2.43. The molecule has 0 aromatic carbocycles. The Morgan fingerprint density at radius 2 is 1.94 bits per heavy atom. The Labute approximate surface area is 107 Å². The summed E-state index contributed by atoms with van der Waals surface area (Å²) in [6.45, 7) is 10.9. The van der Waals surface area contributed by atoms with Crippen molar-refractivity contribution < 1.29 is 0 Å². The molecule has 0 spiro atoms. The summed E-state index contributed by atoms with van der Waals surface area (Å²) < 4.78 is 0. The molecule has 1 aliphatic heterocycles. The monoisotopic (exact) mass is 238 g/mol. The number of hydrogen-bond acceptors (Lipinski definition) is 2. The topological polar surface area (TPSA) is 15.3 Å².